The summed E-state index contributed by atoms with van der Waals surface area (Å²) in [5, 5.41) is 2.55. The van der Waals surface area contributed by atoms with Gasteiger partial charge in [0.05, 0.1) is 12.2 Å². The molecule has 0 aliphatic rings. The van der Waals surface area contributed by atoms with Crippen LogP contribution in [0.25, 0.3) is 0 Å². The van der Waals surface area contributed by atoms with Crippen molar-refractivity contribution in [2.24, 2.45) is 0 Å². The van der Waals surface area contributed by atoms with E-state index in [9.17, 15) is 13.2 Å². The standard InChI is InChI=1S/C12H8BrF3N2/c13-7-1-2-9(17-5-7)6-18-12-10(15)3-8(14)4-11(12)16/h1-5,18H,6H2. The molecule has 2 aromatic rings. The molecular weight excluding hydrogens is 309 g/mol. The van der Waals surface area contributed by atoms with E-state index in [1.165, 1.54) is 0 Å². The van der Waals surface area contributed by atoms with Gasteiger partial charge in [-0.05, 0) is 28.1 Å². The Balaban J connectivity index is 2.13. The fourth-order valence-electron chi connectivity index (χ4n) is 1.40. The van der Waals surface area contributed by atoms with Gasteiger partial charge in [0.1, 0.15) is 11.5 Å². The number of rotatable bonds is 3. The third-order valence-corrected chi connectivity index (χ3v) is 2.71. The van der Waals surface area contributed by atoms with Crippen molar-refractivity contribution in [2.45, 2.75) is 6.54 Å². The van der Waals surface area contributed by atoms with Crippen LogP contribution >= 0.6 is 15.9 Å². The average Bonchev–Trinajstić information content (AvgIpc) is 2.30. The van der Waals surface area contributed by atoms with Gasteiger partial charge in [-0.15, -0.1) is 0 Å². The number of pyridine rings is 1. The van der Waals surface area contributed by atoms with E-state index in [1.54, 1.807) is 18.3 Å². The number of benzene rings is 1. The number of nitrogens with one attached hydrogen (secondary N) is 1. The van der Waals surface area contributed by atoms with Crippen LogP contribution in [-0.2, 0) is 6.54 Å². The molecule has 1 heterocycles. The highest BCUT2D eigenvalue weighted by molar-refractivity contribution is 9.10. The Labute approximate surface area is 110 Å². The van der Waals surface area contributed by atoms with Crippen molar-refractivity contribution < 1.29 is 13.2 Å². The normalized spacial score (nSPS) is 10.4. The molecule has 0 saturated heterocycles. The van der Waals surface area contributed by atoms with Crippen LogP contribution in [0, 0.1) is 17.5 Å². The lowest BCUT2D eigenvalue weighted by atomic mass is 10.2. The Morgan fingerprint density at radius 3 is 2.33 bits per heavy atom. The van der Waals surface area contributed by atoms with Crippen LogP contribution in [0.2, 0.25) is 0 Å². The van der Waals surface area contributed by atoms with Gasteiger partial charge in [0.25, 0.3) is 0 Å². The third kappa shape index (κ3) is 3.01. The average molecular weight is 317 g/mol. The zero-order chi connectivity index (χ0) is 13.1. The van der Waals surface area contributed by atoms with Gasteiger partial charge >= 0.3 is 0 Å². The molecule has 1 N–H and O–H groups in total. The highest BCUT2D eigenvalue weighted by Gasteiger charge is 2.11. The molecular formula is C12H8BrF3N2. The number of anilines is 1. The van der Waals surface area contributed by atoms with Gasteiger partial charge in [-0.2, -0.15) is 0 Å². The molecule has 2 nitrogen and oxygen atoms in total. The van der Waals surface area contributed by atoms with E-state index in [-0.39, 0.29) is 12.2 Å². The molecule has 0 aliphatic carbocycles. The number of hydrogen-bond acceptors (Lipinski definition) is 2. The Morgan fingerprint density at radius 1 is 1.11 bits per heavy atom. The number of nitrogens with zero attached hydrogens (tertiary/aromatic N) is 1. The van der Waals surface area contributed by atoms with Gasteiger partial charge in [-0.25, -0.2) is 13.2 Å². The summed E-state index contributed by atoms with van der Waals surface area (Å²) >= 11 is 3.23. The molecule has 1 aromatic heterocycles. The third-order valence-electron chi connectivity index (χ3n) is 2.24. The van der Waals surface area contributed by atoms with Crippen LogP contribution in [0.5, 0.6) is 0 Å². The predicted octanol–water partition coefficient (Wildman–Crippen LogP) is 3.87. The van der Waals surface area contributed by atoms with Crippen LogP contribution in [0.3, 0.4) is 0 Å². The van der Waals surface area contributed by atoms with Gasteiger partial charge in [-0.3, -0.25) is 4.98 Å². The smallest absolute Gasteiger partial charge is 0.152 e. The van der Waals surface area contributed by atoms with Crippen molar-refractivity contribution in [1.82, 2.24) is 4.98 Å². The molecule has 0 saturated carbocycles. The van der Waals surface area contributed by atoms with E-state index < -0.39 is 17.5 Å². The molecule has 0 unspecified atom stereocenters. The minimum absolute atomic E-state index is 0.146. The van der Waals surface area contributed by atoms with Gasteiger partial charge in [0.2, 0.25) is 0 Å². The highest BCUT2D eigenvalue weighted by atomic mass is 79.9. The van der Waals surface area contributed by atoms with Crippen LogP contribution in [0.4, 0.5) is 18.9 Å². The summed E-state index contributed by atoms with van der Waals surface area (Å²) < 4.78 is 40.1. The van der Waals surface area contributed by atoms with Crippen molar-refractivity contribution in [3.63, 3.8) is 0 Å². The summed E-state index contributed by atoms with van der Waals surface area (Å²) in [4.78, 5) is 4.04. The fourth-order valence-corrected chi connectivity index (χ4v) is 1.64. The zero-order valence-corrected chi connectivity index (χ0v) is 10.6. The van der Waals surface area contributed by atoms with E-state index >= 15 is 0 Å². The first-order chi connectivity index (χ1) is 8.56. The molecule has 0 radical (unpaired) electrons. The Kier molecular flexibility index (Phi) is 3.86. The molecule has 0 atom stereocenters. The maximum Gasteiger partial charge on any atom is 0.152 e. The van der Waals surface area contributed by atoms with Crippen molar-refractivity contribution in [3.8, 4) is 0 Å². The Hall–Kier alpha value is -1.56. The molecule has 0 spiro atoms. The zero-order valence-electron chi connectivity index (χ0n) is 9.05. The fraction of sp³-hybridized carbons (Fsp3) is 0.0833. The summed E-state index contributed by atoms with van der Waals surface area (Å²) in [6, 6.07) is 4.72. The molecule has 0 amide bonds. The maximum absolute atomic E-state index is 13.3. The second kappa shape index (κ2) is 5.39. The van der Waals surface area contributed by atoms with Crippen LogP contribution in [-0.4, -0.2) is 4.98 Å². The first kappa shape index (κ1) is 12.9. The molecule has 18 heavy (non-hydrogen) atoms. The lowest BCUT2D eigenvalue weighted by molar-refractivity contribution is 0.547. The number of aromatic nitrogens is 1. The number of hydrogen-bond donors (Lipinski definition) is 1. The van der Waals surface area contributed by atoms with E-state index in [4.69, 9.17) is 0 Å². The van der Waals surface area contributed by atoms with Crippen LogP contribution < -0.4 is 5.32 Å². The highest BCUT2D eigenvalue weighted by Crippen LogP contribution is 2.20. The molecule has 0 bridgehead atoms. The summed E-state index contributed by atoms with van der Waals surface area (Å²) in [6.45, 7) is 0.146. The van der Waals surface area contributed by atoms with Gasteiger partial charge in [0, 0.05) is 22.8 Å². The summed E-state index contributed by atoms with van der Waals surface area (Å²) in [6.07, 6.45) is 1.58. The van der Waals surface area contributed by atoms with E-state index in [2.05, 4.69) is 26.2 Å². The van der Waals surface area contributed by atoms with Crippen molar-refractivity contribution in [3.05, 3.63) is 58.1 Å². The maximum atomic E-state index is 13.3. The summed E-state index contributed by atoms with van der Waals surface area (Å²) in [7, 11) is 0. The molecule has 6 heteroatoms. The van der Waals surface area contributed by atoms with Crippen molar-refractivity contribution >= 4 is 21.6 Å². The summed E-state index contributed by atoms with van der Waals surface area (Å²) in [5.41, 5.74) is 0.252. The summed E-state index contributed by atoms with van der Waals surface area (Å²) in [5.74, 6) is -2.88. The lowest BCUT2D eigenvalue weighted by Crippen LogP contribution is -2.05. The SMILES string of the molecule is Fc1cc(F)c(NCc2ccc(Br)cn2)c(F)c1. The molecule has 1 aromatic carbocycles. The van der Waals surface area contributed by atoms with E-state index in [0.29, 0.717) is 17.8 Å². The second-order valence-corrected chi connectivity index (χ2v) is 4.48. The van der Waals surface area contributed by atoms with E-state index in [0.717, 1.165) is 4.47 Å². The van der Waals surface area contributed by atoms with Gasteiger partial charge < -0.3 is 5.32 Å². The van der Waals surface area contributed by atoms with Gasteiger partial charge in [-0.1, -0.05) is 0 Å². The predicted molar refractivity (Wildman–Crippen MR) is 65.6 cm³/mol. The van der Waals surface area contributed by atoms with Crippen LogP contribution in [0.15, 0.2) is 34.9 Å². The Morgan fingerprint density at radius 2 is 1.78 bits per heavy atom. The minimum atomic E-state index is -0.968. The minimum Gasteiger partial charge on any atom is -0.375 e. The molecule has 2 rings (SSSR count). The number of halogens is 4. The van der Waals surface area contributed by atoms with E-state index in [1.807, 2.05) is 0 Å². The molecule has 94 valence electrons. The quantitative estimate of drug-likeness (QED) is 0.929. The van der Waals surface area contributed by atoms with Crippen molar-refractivity contribution in [2.75, 3.05) is 5.32 Å². The lowest BCUT2D eigenvalue weighted by Gasteiger charge is -2.08. The largest absolute Gasteiger partial charge is 0.375 e. The first-order valence-electron chi connectivity index (χ1n) is 5.05. The van der Waals surface area contributed by atoms with Crippen LogP contribution in [0.1, 0.15) is 5.69 Å². The monoisotopic (exact) mass is 316 g/mol. The van der Waals surface area contributed by atoms with Gasteiger partial charge in [0.15, 0.2) is 11.6 Å². The Bertz CT molecular complexity index is 535. The topological polar surface area (TPSA) is 24.9 Å². The molecule has 0 fully saturated rings. The first-order valence-corrected chi connectivity index (χ1v) is 5.84. The second-order valence-electron chi connectivity index (χ2n) is 3.57. The van der Waals surface area contributed by atoms with Crippen molar-refractivity contribution in [1.29, 1.82) is 0 Å². The molecule has 0 aliphatic heterocycles.